The Morgan fingerprint density at radius 1 is 1.42 bits per heavy atom. The molecule has 0 aliphatic heterocycles. The van der Waals surface area contributed by atoms with E-state index in [1.165, 1.54) is 19.2 Å². The average Bonchev–Trinajstić information content (AvgIpc) is 2.37. The van der Waals surface area contributed by atoms with E-state index in [1.807, 2.05) is 13.8 Å². The van der Waals surface area contributed by atoms with Crippen molar-refractivity contribution >= 4 is 15.8 Å². The van der Waals surface area contributed by atoms with Crippen molar-refractivity contribution in [2.75, 3.05) is 12.9 Å². The molecule has 106 valence electrons. The molecule has 1 atom stereocenters. The van der Waals surface area contributed by atoms with Crippen LogP contribution in [-0.2, 0) is 9.84 Å². The largest absolute Gasteiger partial charge is 0.495 e. The van der Waals surface area contributed by atoms with Gasteiger partial charge >= 0.3 is 5.97 Å². The first kappa shape index (κ1) is 15.5. The monoisotopic (exact) mass is 286 g/mol. The summed E-state index contributed by atoms with van der Waals surface area (Å²) in [5.74, 6) is -1.01. The minimum atomic E-state index is -3.56. The maximum absolute atomic E-state index is 12.3. The van der Waals surface area contributed by atoms with Crippen molar-refractivity contribution < 1.29 is 23.1 Å². The molecule has 0 fully saturated rings. The Morgan fingerprint density at radius 3 is 2.53 bits per heavy atom. The van der Waals surface area contributed by atoms with Gasteiger partial charge in [-0.3, -0.25) is 0 Å². The zero-order valence-corrected chi connectivity index (χ0v) is 12.0. The predicted octanol–water partition coefficient (Wildman–Crippen LogP) is 2.21. The Hall–Kier alpha value is -1.56. The van der Waals surface area contributed by atoms with Gasteiger partial charge < -0.3 is 9.84 Å². The van der Waals surface area contributed by atoms with Crippen molar-refractivity contribution in [2.24, 2.45) is 5.92 Å². The summed E-state index contributed by atoms with van der Waals surface area (Å²) in [6, 6.07) is 3.84. The smallest absolute Gasteiger partial charge is 0.335 e. The van der Waals surface area contributed by atoms with Crippen molar-refractivity contribution in [1.29, 1.82) is 0 Å². The van der Waals surface area contributed by atoms with E-state index in [2.05, 4.69) is 0 Å². The third-order valence-electron chi connectivity index (χ3n) is 2.95. The molecule has 19 heavy (non-hydrogen) atoms. The van der Waals surface area contributed by atoms with E-state index >= 15 is 0 Å². The first-order valence-electron chi connectivity index (χ1n) is 5.96. The Bertz CT molecular complexity index is 562. The Balaban J connectivity index is 3.30. The van der Waals surface area contributed by atoms with Gasteiger partial charge in [-0.2, -0.15) is 0 Å². The lowest BCUT2D eigenvalue weighted by Gasteiger charge is -2.13. The SMILES string of the molecule is CCC(C)CS(=O)(=O)c1cc(C(=O)O)ccc1OC. The normalized spacial score (nSPS) is 13.0. The lowest BCUT2D eigenvalue weighted by Crippen LogP contribution is -2.15. The van der Waals surface area contributed by atoms with Gasteiger partial charge in [-0.25, -0.2) is 13.2 Å². The van der Waals surface area contributed by atoms with Gasteiger partial charge in [-0.15, -0.1) is 0 Å². The van der Waals surface area contributed by atoms with Crippen LogP contribution in [0.3, 0.4) is 0 Å². The summed E-state index contributed by atoms with van der Waals surface area (Å²) < 4.78 is 29.6. The fourth-order valence-corrected chi connectivity index (χ4v) is 3.56. The van der Waals surface area contributed by atoms with E-state index in [4.69, 9.17) is 9.84 Å². The number of carbonyl (C=O) groups is 1. The van der Waals surface area contributed by atoms with E-state index < -0.39 is 15.8 Å². The van der Waals surface area contributed by atoms with Crippen LogP contribution < -0.4 is 4.74 Å². The van der Waals surface area contributed by atoms with Crippen LogP contribution in [0.25, 0.3) is 0 Å². The van der Waals surface area contributed by atoms with Gasteiger partial charge in [-0.05, 0) is 24.1 Å². The lowest BCUT2D eigenvalue weighted by atomic mass is 10.2. The highest BCUT2D eigenvalue weighted by Gasteiger charge is 2.23. The number of benzene rings is 1. The molecule has 0 radical (unpaired) electrons. The Kier molecular flexibility index (Phi) is 4.94. The first-order valence-corrected chi connectivity index (χ1v) is 7.61. The second-order valence-corrected chi connectivity index (χ2v) is 6.47. The number of carboxylic acids is 1. The van der Waals surface area contributed by atoms with E-state index in [-0.39, 0.29) is 27.9 Å². The molecule has 0 saturated carbocycles. The third-order valence-corrected chi connectivity index (χ3v) is 4.94. The quantitative estimate of drug-likeness (QED) is 0.867. The van der Waals surface area contributed by atoms with Crippen molar-refractivity contribution in [1.82, 2.24) is 0 Å². The van der Waals surface area contributed by atoms with E-state index in [1.54, 1.807) is 0 Å². The van der Waals surface area contributed by atoms with Crippen LogP contribution in [-0.4, -0.2) is 32.4 Å². The summed E-state index contributed by atoms with van der Waals surface area (Å²) in [5.41, 5.74) is -0.0662. The second kappa shape index (κ2) is 6.06. The number of hydrogen-bond acceptors (Lipinski definition) is 4. The van der Waals surface area contributed by atoms with Gasteiger partial charge in [0.05, 0.1) is 18.4 Å². The predicted molar refractivity (Wildman–Crippen MR) is 71.5 cm³/mol. The van der Waals surface area contributed by atoms with Crippen LogP contribution in [0.4, 0.5) is 0 Å². The summed E-state index contributed by atoms with van der Waals surface area (Å²) in [6.07, 6.45) is 0.736. The number of sulfone groups is 1. The number of carboxylic acid groups (broad SMARTS) is 1. The van der Waals surface area contributed by atoms with E-state index in [9.17, 15) is 13.2 Å². The zero-order valence-electron chi connectivity index (χ0n) is 11.2. The fourth-order valence-electron chi connectivity index (χ4n) is 1.63. The van der Waals surface area contributed by atoms with Gasteiger partial charge in [0.15, 0.2) is 9.84 Å². The molecule has 1 aromatic rings. The molecule has 1 aromatic carbocycles. The molecule has 0 saturated heterocycles. The number of aromatic carboxylic acids is 1. The van der Waals surface area contributed by atoms with Crippen molar-refractivity contribution in [2.45, 2.75) is 25.2 Å². The summed E-state index contributed by atoms with van der Waals surface area (Å²) >= 11 is 0. The molecular formula is C13H18O5S. The van der Waals surface area contributed by atoms with Crippen molar-refractivity contribution in [3.05, 3.63) is 23.8 Å². The van der Waals surface area contributed by atoms with Crippen molar-refractivity contribution in [3.63, 3.8) is 0 Å². The molecule has 0 amide bonds. The topological polar surface area (TPSA) is 80.7 Å². The number of ether oxygens (including phenoxy) is 1. The lowest BCUT2D eigenvalue weighted by molar-refractivity contribution is 0.0696. The van der Waals surface area contributed by atoms with E-state index in [0.29, 0.717) is 0 Å². The highest BCUT2D eigenvalue weighted by Crippen LogP contribution is 2.27. The first-order chi connectivity index (χ1) is 8.81. The summed E-state index contributed by atoms with van der Waals surface area (Å²) in [7, 11) is -2.20. The number of methoxy groups -OCH3 is 1. The standard InChI is InChI=1S/C13H18O5S/c1-4-9(2)8-19(16,17)12-7-10(13(14)15)5-6-11(12)18-3/h5-7,9H,4,8H2,1-3H3,(H,14,15). The molecule has 0 aliphatic carbocycles. The molecule has 0 heterocycles. The minimum Gasteiger partial charge on any atom is -0.495 e. The molecule has 1 N–H and O–H groups in total. The second-order valence-electron chi connectivity index (χ2n) is 4.47. The summed E-state index contributed by atoms with van der Waals surface area (Å²) in [4.78, 5) is 10.9. The average molecular weight is 286 g/mol. The Labute approximate surface area is 113 Å². The fraction of sp³-hybridized carbons (Fsp3) is 0.462. The summed E-state index contributed by atoms with van der Waals surface area (Å²) in [5, 5.41) is 8.93. The van der Waals surface area contributed by atoms with Gasteiger partial charge in [0, 0.05) is 0 Å². The van der Waals surface area contributed by atoms with Crippen LogP contribution >= 0.6 is 0 Å². The molecule has 0 bridgehead atoms. The third kappa shape index (κ3) is 3.70. The van der Waals surface area contributed by atoms with E-state index in [0.717, 1.165) is 12.5 Å². The highest BCUT2D eigenvalue weighted by atomic mass is 32.2. The maximum atomic E-state index is 12.3. The maximum Gasteiger partial charge on any atom is 0.335 e. The molecule has 5 nitrogen and oxygen atoms in total. The van der Waals surface area contributed by atoms with Crippen LogP contribution in [0, 0.1) is 5.92 Å². The van der Waals surface area contributed by atoms with Gasteiger partial charge in [0.2, 0.25) is 0 Å². The number of rotatable bonds is 6. The molecule has 6 heteroatoms. The van der Waals surface area contributed by atoms with Gasteiger partial charge in [0.25, 0.3) is 0 Å². The van der Waals surface area contributed by atoms with Crippen LogP contribution in [0.2, 0.25) is 0 Å². The minimum absolute atomic E-state index is 0.00295. The zero-order chi connectivity index (χ0) is 14.6. The molecule has 0 aromatic heterocycles. The molecular weight excluding hydrogens is 268 g/mol. The highest BCUT2D eigenvalue weighted by molar-refractivity contribution is 7.91. The Morgan fingerprint density at radius 2 is 2.05 bits per heavy atom. The van der Waals surface area contributed by atoms with Crippen LogP contribution in [0.5, 0.6) is 5.75 Å². The van der Waals surface area contributed by atoms with Gasteiger partial charge in [0.1, 0.15) is 10.6 Å². The van der Waals surface area contributed by atoms with Gasteiger partial charge in [-0.1, -0.05) is 20.3 Å². The van der Waals surface area contributed by atoms with Crippen LogP contribution in [0.1, 0.15) is 30.6 Å². The summed E-state index contributed by atoms with van der Waals surface area (Å²) in [6.45, 7) is 3.75. The molecule has 0 spiro atoms. The van der Waals surface area contributed by atoms with Crippen LogP contribution in [0.15, 0.2) is 23.1 Å². The molecule has 1 unspecified atom stereocenters. The molecule has 0 aliphatic rings. The van der Waals surface area contributed by atoms with Crippen molar-refractivity contribution in [3.8, 4) is 5.75 Å². The molecule has 1 rings (SSSR count). The number of hydrogen-bond donors (Lipinski definition) is 1.